The van der Waals surface area contributed by atoms with E-state index in [2.05, 4.69) is 31.7 Å². The molecule has 8 heteroatoms. The molecule has 0 saturated heterocycles. The molecule has 0 radical (unpaired) electrons. The predicted molar refractivity (Wildman–Crippen MR) is 122 cm³/mol. The molecule has 4 amide bonds. The van der Waals surface area contributed by atoms with Crippen LogP contribution in [0.2, 0.25) is 0 Å². The Morgan fingerprint density at radius 1 is 0.677 bits per heavy atom. The Kier molecular flexibility index (Phi) is 6.56. The first-order valence-corrected chi connectivity index (χ1v) is 10.5. The molecule has 31 heavy (non-hydrogen) atoms. The van der Waals surface area contributed by atoms with Crippen LogP contribution in [0, 0.1) is 11.8 Å². The molecule has 2 atom stereocenters. The third-order valence-electron chi connectivity index (χ3n) is 5.67. The molecular weight excluding hydrogens is 392 g/mol. The molecule has 0 spiro atoms. The third-order valence-corrected chi connectivity index (χ3v) is 5.67. The lowest BCUT2D eigenvalue weighted by molar-refractivity contribution is 0.251. The van der Waals surface area contributed by atoms with E-state index in [1.165, 1.54) is 0 Å². The minimum Gasteiger partial charge on any atom is -0.307 e. The van der Waals surface area contributed by atoms with Crippen molar-refractivity contribution in [3.05, 3.63) is 60.7 Å². The normalized spacial score (nSPS) is 22.6. The number of rotatable bonds is 4. The summed E-state index contributed by atoms with van der Waals surface area (Å²) >= 11 is 0. The fourth-order valence-corrected chi connectivity index (χ4v) is 4.14. The molecule has 8 nitrogen and oxygen atoms in total. The number of para-hydroxylation sites is 2. The number of amides is 4. The summed E-state index contributed by atoms with van der Waals surface area (Å²) in [6.45, 7) is 0. The molecule has 2 aromatic rings. The number of carbonyl (C=O) groups excluding carboxylic acids is 2. The van der Waals surface area contributed by atoms with Gasteiger partial charge in [0.2, 0.25) is 0 Å². The first-order chi connectivity index (χ1) is 15.2. The van der Waals surface area contributed by atoms with Crippen molar-refractivity contribution in [2.75, 3.05) is 10.6 Å². The van der Waals surface area contributed by atoms with Crippen molar-refractivity contribution >= 4 is 34.9 Å². The van der Waals surface area contributed by atoms with E-state index in [0.29, 0.717) is 11.8 Å². The van der Waals surface area contributed by atoms with Gasteiger partial charge in [-0.2, -0.15) is 10.2 Å². The van der Waals surface area contributed by atoms with Crippen molar-refractivity contribution in [3.8, 4) is 0 Å². The van der Waals surface area contributed by atoms with Crippen molar-refractivity contribution < 1.29 is 9.59 Å². The molecule has 2 aromatic carbocycles. The summed E-state index contributed by atoms with van der Waals surface area (Å²) in [7, 11) is 0. The van der Waals surface area contributed by atoms with Gasteiger partial charge < -0.3 is 10.6 Å². The highest BCUT2D eigenvalue weighted by Crippen LogP contribution is 2.37. The SMILES string of the molecule is O=C(N/N=C1/CCC2CC1CC/C2=N\NC(=O)Nc1ccccc1)Nc1ccccc1. The quantitative estimate of drug-likeness (QED) is 0.547. The van der Waals surface area contributed by atoms with Crippen LogP contribution >= 0.6 is 0 Å². The molecule has 0 heterocycles. The molecule has 4 N–H and O–H groups in total. The van der Waals surface area contributed by atoms with Crippen LogP contribution in [0.15, 0.2) is 70.9 Å². The highest BCUT2D eigenvalue weighted by Gasteiger charge is 2.34. The lowest BCUT2D eigenvalue weighted by atomic mass is 9.70. The second kappa shape index (κ2) is 9.88. The van der Waals surface area contributed by atoms with Gasteiger partial charge in [-0.15, -0.1) is 0 Å². The first-order valence-electron chi connectivity index (χ1n) is 10.5. The van der Waals surface area contributed by atoms with Gasteiger partial charge in [0.25, 0.3) is 0 Å². The van der Waals surface area contributed by atoms with Crippen LogP contribution in [0.1, 0.15) is 32.1 Å². The molecule has 0 aliphatic heterocycles. The largest absolute Gasteiger partial charge is 0.339 e. The number of urea groups is 2. The molecule has 2 fully saturated rings. The molecule has 2 aliphatic carbocycles. The van der Waals surface area contributed by atoms with Crippen molar-refractivity contribution in [1.82, 2.24) is 10.9 Å². The molecule has 0 aromatic heterocycles. The lowest BCUT2D eigenvalue weighted by Crippen LogP contribution is -2.38. The zero-order valence-corrected chi connectivity index (χ0v) is 17.2. The number of carbonyl (C=O) groups is 2. The highest BCUT2D eigenvalue weighted by molar-refractivity contribution is 5.97. The molecule has 160 valence electrons. The van der Waals surface area contributed by atoms with Gasteiger partial charge in [-0.05, 0) is 56.4 Å². The van der Waals surface area contributed by atoms with Crippen LogP contribution in [0.3, 0.4) is 0 Å². The van der Waals surface area contributed by atoms with Crippen LogP contribution in [-0.2, 0) is 0 Å². The van der Waals surface area contributed by atoms with Crippen LogP contribution in [0.5, 0.6) is 0 Å². The second-order valence-electron chi connectivity index (χ2n) is 7.78. The topological polar surface area (TPSA) is 107 Å². The Bertz CT molecular complexity index is 895. The number of benzene rings is 2. The number of hydrogen-bond donors (Lipinski definition) is 4. The van der Waals surface area contributed by atoms with Gasteiger partial charge in [0.15, 0.2) is 0 Å². The van der Waals surface area contributed by atoms with Crippen LogP contribution in [0.4, 0.5) is 21.0 Å². The van der Waals surface area contributed by atoms with Crippen molar-refractivity contribution in [2.24, 2.45) is 22.0 Å². The van der Waals surface area contributed by atoms with E-state index < -0.39 is 0 Å². The Labute approximate surface area is 181 Å². The van der Waals surface area contributed by atoms with Gasteiger partial charge in [-0.3, -0.25) is 0 Å². The maximum atomic E-state index is 12.1. The Balaban J connectivity index is 1.26. The molecule has 2 unspecified atom stereocenters. The minimum atomic E-state index is -0.340. The zero-order chi connectivity index (χ0) is 21.5. The van der Waals surface area contributed by atoms with Crippen LogP contribution in [0.25, 0.3) is 0 Å². The maximum absolute atomic E-state index is 12.1. The molecular formula is C23H26N6O2. The smallest absolute Gasteiger partial charge is 0.307 e. The molecule has 2 aliphatic rings. The summed E-state index contributed by atoms with van der Waals surface area (Å²) in [4.78, 5) is 24.1. The average molecular weight is 419 g/mol. The number of hydrazone groups is 2. The van der Waals surface area contributed by atoms with Crippen molar-refractivity contribution in [2.45, 2.75) is 32.1 Å². The lowest BCUT2D eigenvalue weighted by Gasteiger charge is -2.36. The number of nitrogens with zero attached hydrogens (tertiary/aromatic N) is 2. The number of nitrogens with one attached hydrogen (secondary N) is 4. The maximum Gasteiger partial charge on any atom is 0.339 e. The predicted octanol–water partition coefficient (Wildman–Crippen LogP) is 4.55. The van der Waals surface area contributed by atoms with E-state index in [0.717, 1.165) is 54.9 Å². The average Bonchev–Trinajstić information content (AvgIpc) is 2.79. The molecule has 2 saturated carbocycles. The van der Waals surface area contributed by atoms with E-state index in [-0.39, 0.29) is 12.1 Å². The minimum absolute atomic E-state index is 0.340. The number of anilines is 2. The van der Waals surface area contributed by atoms with Crippen LogP contribution < -0.4 is 21.5 Å². The highest BCUT2D eigenvalue weighted by atomic mass is 16.2. The van der Waals surface area contributed by atoms with Gasteiger partial charge in [-0.1, -0.05) is 36.4 Å². The van der Waals surface area contributed by atoms with Crippen molar-refractivity contribution in [1.29, 1.82) is 0 Å². The monoisotopic (exact) mass is 418 g/mol. The van der Waals surface area contributed by atoms with Gasteiger partial charge in [0.1, 0.15) is 0 Å². The Morgan fingerprint density at radius 3 is 1.52 bits per heavy atom. The molecule has 2 bridgehead atoms. The Morgan fingerprint density at radius 2 is 1.10 bits per heavy atom. The zero-order valence-electron chi connectivity index (χ0n) is 17.2. The van der Waals surface area contributed by atoms with Crippen molar-refractivity contribution in [3.63, 3.8) is 0 Å². The van der Waals surface area contributed by atoms with Gasteiger partial charge in [-0.25, -0.2) is 20.4 Å². The van der Waals surface area contributed by atoms with E-state index in [9.17, 15) is 9.59 Å². The summed E-state index contributed by atoms with van der Waals surface area (Å²) < 4.78 is 0. The fourth-order valence-electron chi connectivity index (χ4n) is 4.14. The summed E-state index contributed by atoms with van der Waals surface area (Å²) in [5.74, 6) is 0.681. The van der Waals surface area contributed by atoms with E-state index in [1.807, 2.05) is 60.7 Å². The van der Waals surface area contributed by atoms with E-state index in [4.69, 9.17) is 0 Å². The second-order valence-corrected chi connectivity index (χ2v) is 7.78. The summed E-state index contributed by atoms with van der Waals surface area (Å²) in [5.41, 5.74) is 8.77. The van der Waals surface area contributed by atoms with Gasteiger partial charge in [0.05, 0.1) is 0 Å². The van der Waals surface area contributed by atoms with Gasteiger partial charge >= 0.3 is 12.1 Å². The summed E-state index contributed by atoms with van der Waals surface area (Å²) in [6.07, 6.45) is 4.41. The first kappa shape index (κ1) is 20.6. The van der Waals surface area contributed by atoms with E-state index in [1.54, 1.807) is 0 Å². The fraction of sp³-hybridized carbons (Fsp3) is 0.304. The Hall–Kier alpha value is -3.68. The summed E-state index contributed by atoms with van der Waals surface area (Å²) in [6, 6.07) is 17.9. The number of fused-ring (bicyclic) bond motifs is 2. The standard InChI is InChI=1S/C23H26N6O2/c30-22(24-18-7-3-1-4-8-18)28-26-20-13-11-17-15-16(20)12-14-21(17)27-29-23(31)25-19-9-5-2-6-10-19/h1-10,16-17H,11-15H2,(H2,24,28,30)(H2,25,29,31)/b26-20-,27-21+. The third kappa shape index (κ3) is 5.69. The number of hydrogen-bond acceptors (Lipinski definition) is 4. The molecule has 4 rings (SSSR count). The van der Waals surface area contributed by atoms with E-state index >= 15 is 0 Å². The summed E-state index contributed by atoms with van der Waals surface area (Å²) in [5, 5.41) is 14.3. The van der Waals surface area contributed by atoms with Gasteiger partial charge in [0, 0.05) is 34.6 Å². The van der Waals surface area contributed by atoms with Crippen LogP contribution in [-0.4, -0.2) is 23.5 Å².